The van der Waals surface area contributed by atoms with Crippen molar-refractivity contribution in [1.29, 1.82) is 0 Å². The number of aliphatic carboxylic acids is 1. The monoisotopic (exact) mass is 1470 g/mol. The van der Waals surface area contributed by atoms with Gasteiger partial charge in [-0.1, -0.05) is 406 Å². The van der Waals surface area contributed by atoms with Crippen molar-refractivity contribution >= 4 is 412 Å². The molecule has 0 aromatic carbocycles. The molecule has 0 unspecified atom stereocenters. The summed E-state index contributed by atoms with van der Waals surface area (Å²) in [6.07, 6.45) is 0. The van der Waals surface area contributed by atoms with Gasteiger partial charge in [0.05, 0.1) is 0 Å². The maximum atomic E-state index is 11.8. The Kier molecular flexibility index (Phi) is 22.3. The van der Waals surface area contributed by atoms with E-state index in [4.69, 9.17) is 406 Å². The minimum Gasteiger partial charge on any atom is -0.479 e. The fraction of sp³-hybridized carbons (Fsp3) is 0.944. The Morgan fingerprint density at radius 3 is 0.436 bits per heavy atom. The van der Waals surface area contributed by atoms with Crippen molar-refractivity contribution in [2.75, 3.05) is 0 Å². The zero-order chi connectivity index (χ0) is 46.1. The van der Waals surface area contributed by atoms with E-state index in [2.05, 4.69) is 0 Å². The van der Waals surface area contributed by atoms with Crippen LogP contribution in [0.1, 0.15) is 0 Å². The number of hydrogen-bond acceptors (Lipinski definition) is 1. The summed E-state index contributed by atoms with van der Waals surface area (Å²) in [7, 11) is 0. The third-order valence-electron chi connectivity index (χ3n) is 6.54. The van der Waals surface area contributed by atoms with Gasteiger partial charge in [0, 0.05) is 0 Å². The van der Waals surface area contributed by atoms with Gasteiger partial charge in [-0.25, -0.2) is 4.79 Å². The molecule has 0 aromatic heterocycles. The number of rotatable bonds is 16. The van der Waals surface area contributed by atoms with E-state index in [1.165, 1.54) is 0 Å². The number of carboxylic acid groups (broad SMARTS) is 1. The van der Waals surface area contributed by atoms with Crippen LogP contribution in [0.25, 0.3) is 0 Å². The summed E-state index contributed by atoms with van der Waals surface area (Å²) in [6, 6.07) is 0. The van der Waals surface area contributed by atoms with E-state index in [1.54, 1.807) is 0 Å². The molecule has 0 saturated heterocycles. The maximum absolute atomic E-state index is 11.8. The third-order valence-corrected chi connectivity index (χ3v) is 31.7. The second-order valence-corrected chi connectivity index (χ2v) is 33.5. The Morgan fingerprint density at radius 1 is 0.218 bits per heavy atom. The lowest BCUT2D eigenvalue weighted by Crippen LogP contribution is -2.76. The summed E-state index contributed by atoms with van der Waals surface area (Å²) in [5, 5.41) is 9.50. The number of alkyl halides is 35. The Morgan fingerprint density at radius 2 is 0.327 bits per heavy atom. The van der Waals surface area contributed by atoms with E-state index in [0.29, 0.717) is 0 Å². The lowest BCUT2D eigenvalue weighted by atomic mass is 9.96. The van der Waals surface area contributed by atoms with E-state index >= 15 is 0 Å². The number of halogens is 35. The van der Waals surface area contributed by atoms with E-state index < -0.39 is 79.1 Å². The van der Waals surface area contributed by atoms with Gasteiger partial charge < -0.3 is 5.11 Å². The highest BCUT2D eigenvalue weighted by Crippen LogP contribution is 2.78. The lowest BCUT2D eigenvalue weighted by molar-refractivity contribution is -0.138. The Bertz CT molecular complexity index is 1440. The molecule has 0 fully saturated rings. The van der Waals surface area contributed by atoms with Crippen molar-refractivity contribution in [3.8, 4) is 0 Å². The van der Waals surface area contributed by atoms with Crippen LogP contribution in [0, 0.1) is 0 Å². The lowest BCUT2D eigenvalue weighted by Gasteiger charge is -2.58. The van der Waals surface area contributed by atoms with Gasteiger partial charge >= 0.3 is 5.97 Å². The van der Waals surface area contributed by atoms with Crippen molar-refractivity contribution in [3.63, 3.8) is 0 Å². The van der Waals surface area contributed by atoms with Gasteiger partial charge in [0.25, 0.3) is 0 Å². The van der Waals surface area contributed by atoms with E-state index in [-0.39, 0.29) is 0 Å². The minimum atomic E-state index is -3.74. The molecular weight excluding hydrogens is 1490 g/mol. The van der Waals surface area contributed by atoms with E-state index in [0.717, 1.165) is 0 Å². The van der Waals surface area contributed by atoms with Crippen molar-refractivity contribution in [2.24, 2.45) is 0 Å². The minimum absolute atomic E-state index is 2.19. The van der Waals surface area contributed by atoms with Crippen LogP contribution in [-0.4, -0.2) is 84.2 Å². The SMILES string of the molecule is O=C(O)C(Cl)(Cl)C(Cl)(Cl)C(Cl)(Cl)C(Cl)(Cl)C(Cl)(Cl)C(Cl)(Cl)C(Cl)(Cl)C(Cl)(Cl)C(Cl)(Cl)C(Cl)(Cl)C(Cl)(Cl)C(Cl)(Cl)C(Cl)(Cl)C(Cl)(Cl)C(Cl)(Cl)C(Cl)(Cl)C(Cl)(Cl)Cl. The van der Waals surface area contributed by atoms with Crippen LogP contribution >= 0.6 is 406 Å². The maximum Gasteiger partial charge on any atom is 0.343 e. The van der Waals surface area contributed by atoms with Crippen LogP contribution in [0.15, 0.2) is 0 Å². The summed E-state index contributed by atoms with van der Waals surface area (Å²) < 4.78 is -59.9. The summed E-state index contributed by atoms with van der Waals surface area (Å²) in [5.74, 6) is -2.19. The molecule has 330 valence electrons. The first kappa shape index (κ1) is 64.6. The van der Waals surface area contributed by atoms with Crippen LogP contribution in [0.2, 0.25) is 0 Å². The normalized spacial score (nSPS) is 17.1. The second kappa shape index (κ2) is 19.0. The average Bonchev–Trinajstić information content (AvgIpc) is 2.94. The highest BCUT2D eigenvalue weighted by Gasteiger charge is 2.88. The molecular formula is C18HCl35O2. The van der Waals surface area contributed by atoms with Crippen molar-refractivity contribution in [2.45, 2.75) is 73.1 Å². The standard InChI is InChI=1S/C18HCl35O2/c19-2(20,1(54)55)3(21,22)4(23,24)5(25,26)6(27,28)7(29,30)8(31,32)9(33,34)10(35,36)11(37,38)12(39,40)13(41,42)14(43,44)15(45,46)16(47,48)17(49,50)18(51,52)53/h(H,54,55). The van der Waals surface area contributed by atoms with Crippen LogP contribution in [-0.2, 0) is 4.79 Å². The second-order valence-electron chi connectivity index (χ2n) is 9.99. The first-order valence-corrected chi connectivity index (χ1v) is 24.5. The van der Waals surface area contributed by atoms with Crippen LogP contribution in [0.3, 0.4) is 0 Å². The molecule has 2 nitrogen and oxygen atoms in total. The zero-order valence-corrected chi connectivity index (χ0v) is 49.5. The van der Waals surface area contributed by atoms with E-state index in [9.17, 15) is 9.90 Å². The van der Waals surface area contributed by atoms with Gasteiger partial charge in [-0.15, -0.1) is 0 Å². The molecule has 0 aliphatic rings. The molecule has 0 amide bonds. The first-order valence-electron chi connectivity index (χ1n) is 11.3. The van der Waals surface area contributed by atoms with Crippen molar-refractivity contribution < 1.29 is 9.90 Å². The Labute approximate surface area is 487 Å². The summed E-state index contributed by atoms with van der Waals surface area (Å²) >= 11 is 221. The molecule has 0 rings (SSSR count). The summed E-state index contributed by atoms with van der Waals surface area (Å²) in [4.78, 5) is 11.8. The molecule has 1 N–H and O–H groups in total. The van der Waals surface area contributed by atoms with E-state index in [1.807, 2.05) is 0 Å². The van der Waals surface area contributed by atoms with Gasteiger partial charge in [-0.05, 0) is 0 Å². The van der Waals surface area contributed by atoms with Crippen LogP contribution < -0.4 is 0 Å². The van der Waals surface area contributed by atoms with Gasteiger partial charge in [0.2, 0.25) is 12.5 Å². The number of carbonyl (C=O) groups is 1. The van der Waals surface area contributed by atoms with Crippen LogP contribution in [0.4, 0.5) is 0 Å². The highest BCUT2D eigenvalue weighted by molar-refractivity contribution is 6.86. The third kappa shape index (κ3) is 9.48. The molecule has 37 heteroatoms. The molecule has 0 spiro atoms. The quantitative estimate of drug-likeness (QED) is 0.156. The van der Waals surface area contributed by atoms with Crippen LogP contribution in [0.5, 0.6) is 0 Å². The summed E-state index contributed by atoms with van der Waals surface area (Å²) in [5.41, 5.74) is 0. The Hall–Kier alpha value is 9.62. The zero-order valence-electron chi connectivity index (χ0n) is 23.1. The van der Waals surface area contributed by atoms with Gasteiger partial charge in [-0.3, -0.25) is 0 Å². The number of hydrogen-bond donors (Lipinski definition) is 1. The molecule has 55 heavy (non-hydrogen) atoms. The molecule has 0 radical (unpaired) electrons. The number of carboxylic acids is 1. The topological polar surface area (TPSA) is 37.3 Å². The molecule has 0 heterocycles. The summed E-state index contributed by atoms with van der Waals surface area (Å²) in [6.45, 7) is 0. The molecule has 0 aromatic rings. The molecule has 0 aliphatic heterocycles. The predicted octanol–water partition coefficient (Wildman–Crippen LogP) is 20.2. The largest absolute Gasteiger partial charge is 0.479 e. The molecule has 0 saturated carbocycles. The molecule has 0 aliphatic carbocycles. The Balaban J connectivity index is 7.83. The van der Waals surface area contributed by atoms with Gasteiger partial charge in [-0.2, -0.15) is 0 Å². The van der Waals surface area contributed by atoms with Gasteiger partial charge in [0.15, 0.2) is 60.7 Å². The molecule has 0 bridgehead atoms. The fourth-order valence-corrected chi connectivity index (χ4v) is 14.9. The van der Waals surface area contributed by atoms with Crippen molar-refractivity contribution in [1.82, 2.24) is 0 Å². The van der Waals surface area contributed by atoms with Crippen molar-refractivity contribution in [3.05, 3.63) is 0 Å². The molecule has 0 atom stereocenters. The average molecular weight is 1490 g/mol. The smallest absolute Gasteiger partial charge is 0.343 e. The predicted molar refractivity (Wildman–Crippen MR) is 259 cm³/mol. The van der Waals surface area contributed by atoms with Gasteiger partial charge in [0.1, 0.15) is 0 Å². The first-order chi connectivity index (χ1) is 22.9. The highest BCUT2D eigenvalue weighted by atomic mass is 35.6. The fourth-order valence-electron chi connectivity index (χ4n) is 3.07.